The lowest BCUT2D eigenvalue weighted by molar-refractivity contribution is -0.127. The van der Waals surface area contributed by atoms with Gasteiger partial charge in [-0.3, -0.25) is 19.1 Å². The van der Waals surface area contributed by atoms with E-state index in [0.717, 1.165) is 43.7 Å². The minimum atomic E-state index is -0.0813. The highest BCUT2D eigenvalue weighted by Crippen LogP contribution is 2.25. The van der Waals surface area contributed by atoms with Crippen LogP contribution in [0.3, 0.4) is 0 Å². The van der Waals surface area contributed by atoms with E-state index >= 15 is 0 Å². The van der Waals surface area contributed by atoms with Gasteiger partial charge in [0.15, 0.2) is 5.65 Å². The number of aromatic nitrogens is 3. The van der Waals surface area contributed by atoms with Gasteiger partial charge >= 0.3 is 0 Å². The van der Waals surface area contributed by atoms with Crippen molar-refractivity contribution in [2.75, 3.05) is 43.9 Å². The molecule has 3 aromatic rings. The molecule has 0 saturated carbocycles. The van der Waals surface area contributed by atoms with E-state index in [1.807, 2.05) is 11.9 Å². The number of rotatable bonds is 8. The third-order valence-corrected chi connectivity index (χ3v) is 6.80. The van der Waals surface area contributed by atoms with Gasteiger partial charge in [-0.25, -0.2) is 0 Å². The number of benzene rings is 1. The number of anilines is 2. The Labute approximate surface area is 224 Å². The molecule has 1 fully saturated rings. The fourth-order valence-corrected chi connectivity index (χ4v) is 4.75. The quantitative estimate of drug-likeness (QED) is 0.438. The van der Waals surface area contributed by atoms with Crippen molar-refractivity contribution in [3.05, 3.63) is 70.5 Å². The van der Waals surface area contributed by atoms with Crippen molar-refractivity contribution in [3.63, 3.8) is 0 Å². The highest BCUT2D eigenvalue weighted by Gasteiger charge is 2.20. The summed E-state index contributed by atoms with van der Waals surface area (Å²) in [5, 5.41) is 7.39. The van der Waals surface area contributed by atoms with Gasteiger partial charge in [-0.1, -0.05) is 51.6 Å². The van der Waals surface area contributed by atoms with E-state index in [1.165, 1.54) is 11.6 Å². The summed E-state index contributed by atoms with van der Waals surface area (Å²) in [6.45, 7) is 16.5. The number of carbonyl (C=O) groups excluding carboxylic acids is 1. The summed E-state index contributed by atoms with van der Waals surface area (Å²) >= 11 is 0. The van der Waals surface area contributed by atoms with Crippen molar-refractivity contribution < 1.29 is 4.79 Å². The topological polar surface area (TPSA) is 95.4 Å². The second-order valence-electron chi connectivity index (χ2n) is 11.1. The summed E-state index contributed by atoms with van der Waals surface area (Å²) in [5.74, 6) is 1.15. The normalized spacial score (nSPS) is 15.3. The Hall–Kier alpha value is -3.72. The maximum Gasteiger partial charge on any atom is 0.252 e. The smallest absolute Gasteiger partial charge is 0.252 e. The van der Waals surface area contributed by atoms with Crippen LogP contribution < -0.4 is 16.2 Å². The van der Waals surface area contributed by atoms with Gasteiger partial charge in [0.2, 0.25) is 11.9 Å². The second-order valence-corrected chi connectivity index (χ2v) is 11.1. The molecule has 9 heteroatoms. The zero-order valence-corrected chi connectivity index (χ0v) is 23.1. The fourth-order valence-electron chi connectivity index (χ4n) is 4.75. The number of carbonyl (C=O) groups is 1. The van der Waals surface area contributed by atoms with Gasteiger partial charge in [0.05, 0.1) is 11.4 Å². The van der Waals surface area contributed by atoms with Gasteiger partial charge in [-0.15, -0.1) is 0 Å². The lowest BCUT2D eigenvalue weighted by atomic mass is 9.97. The molecular formula is C29H39N7O2. The highest BCUT2D eigenvalue weighted by atomic mass is 16.2. The molecule has 4 rings (SSSR count). The summed E-state index contributed by atoms with van der Waals surface area (Å²) in [5.41, 5.74) is 2.81. The molecule has 1 saturated heterocycles. The van der Waals surface area contributed by atoms with Crippen LogP contribution in [0.5, 0.6) is 0 Å². The number of fused-ring (bicyclic) bond motifs is 1. The Morgan fingerprint density at radius 1 is 1.08 bits per heavy atom. The van der Waals surface area contributed by atoms with Crippen molar-refractivity contribution in [1.29, 1.82) is 0 Å². The van der Waals surface area contributed by atoms with E-state index < -0.39 is 0 Å². The first-order valence-corrected chi connectivity index (χ1v) is 13.2. The van der Waals surface area contributed by atoms with E-state index in [1.54, 1.807) is 16.7 Å². The van der Waals surface area contributed by atoms with E-state index in [2.05, 4.69) is 79.1 Å². The van der Waals surface area contributed by atoms with Gasteiger partial charge < -0.3 is 15.5 Å². The van der Waals surface area contributed by atoms with Crippen LogP contribution in [0, 0.1) is 5.41 Å². The maximum atomic E-state index is 12.7. The fraction of sp³-hybridized carbons (Fsp3) is 0.448. The predicted molar refractivity (Wildman–Crippen MR) is 153 cm³/mol. The third kappa shape index (κ3) is 6.39. The summed E-state index contributed by atoms with van der Waals surface area (Å²) in [7, 11) is 1.82. The van der Waals surface area contributed by atoms with Crippen molar-refractivity contribution in [2.24, 2.45) is 5.41 Å². The molecule has 0 unspecified atom stereocenters. The van der Waals surface area contributed by atoms with E-state index in [9.17, 15) is 9.59 Å². The highest BCUT2D eigenvalue weighted by molar-refractivity contribution is 5.88. The van der Waals surface area contributed by atoms with Crippen LogP contribution >= 0.6 is 0 Å². The summed E-state index contributed by atoms with van der Waals surface area (Å²) < 4.78 is 1.73. The van der Waals surface area contributed by atoms with Crippen molar-refractivity contribution in [3.8, 4) is 0 Å². The molecule has 3 heterocycles. The average molecular weight is 518 g/mol. The van der Waals surface area contributed by atoms with Crippen LogP contribution in [0.15, 0.2) is 53.8 Å². The molecule has 0 radical (unpaired) electrons. The largest absolute Gasteiger partial charge is 0.372 e. The number of amides is 1. The molecular weight excluding hydrogens is 478 g/mol. The molecule has 1 aromatic carbocycles. The Bertz CT molecular complexity index is 1350. The van der Waals surface area contributed by atoms with Gasteiger partial charge in [0.1, 0.15) is 5.82 Å². The lowest BCUT2D eigenvalue weighted by Gasteiger charge is -2.34. The van der Waals surface area contributed by atoms with E-state index in [4.69, 9.17) is 4.98 Å². The van der Waals surface area contributed by atoms with Crippen molar-refractivity contribution >= 4 is 28.7 Å². The minimum Gasteiger partial charge on any atom is -0.372 e. The summed E-state index contributed by atoms with van der Waals surface area (Å²) in [6.07, 6.45) is 1.39. The molecule has 0 spiro atoms. The first kappa shape index (κ1) is 27.3. The molecule has 202 valence electrons. The van der Waals surface area contributed by atoms with E-state index in [-0.39, 0.29) is 22.9 Å². The number of nitrogens with zero attached hydrogens (tertiary/aromatic N) is 5. The zero-order valence-electron chi connectivity index (χ0n) is 23.1. The first-order chi connectivity index (χ1) is 18.1. The van der Waals surface area contributed by atoms with Crippen molar-refractivity contribution in [2.45, 2.75) is 46.8 Å². The summed E-state index contributed by atoms with van der Waals surface area (Å²) in [6, 6.07) is 11.9. The van der Waals surface area contributed by atoms with Crippen molar-refractivity contribution in [1.82, 2.24) is 24.3 Å². The average Bonchev–Trinajstić information content (AvgIpc) is 2.89. The van der Waals surface area contributed by atoms with Crippen LogP contribution in [0.4, 0.5) is 11.8 Å². The monoisotopic (exact) mass is 517 g/mol. The predicted octanol–water partition coefficient (Wildman–Crippen LogP) is 3.88. The Morgan fingerprint density at radius 3 is 2.37 bits per heavy atom. The number of hydrogen-bond donors (Lipinski definition) is 2. The standard InChI is InChI=1S/C29H39N7O2/c1-7-24(37)35-16-14-34(15-17-35)18-21-8-10-22(11-9-21)20(2)31-28-32-26(30-6)23-12-13-25(38)36(27(23)33-28)19-29(3,4)5/h7-13,20H,1,14-19H2,2-6H3,(H2,30,31,32,33)/t20-/m0/s1. The van der Waals surface area contributed by atoms with Gasteiger partial charge in [0.25, 0.3) is 5.56 Å². The second kappa shape index (κ2) is 11.3. The van der Waals surface area contributed by atoms with Gasteiger partial charge in [-0.05, 0) is 35.6 Å². The summed E-state index contributed by atoms with van der Waals surface area (Å²) in [4.78, 5) is 38.2. The van der Waals surface area contributed by atoms with Crippen LogP contribution in [0.2, 0.25) is 0 Å². The maximum absolute atomic E-state index is 12.7. The third-order valence-electron chi connectivity index (χ3n) is 6.80. The first-order valence-electron chi connectivity index (χ1n) is 13.2. The molecule has 1 atom stereocenters. The number of hydrogen-bond acceptors (Lipinski definition) is 7. The molecule has 1 aliphatic heterocycles. The zero-order chi connectivity index (χ0) is 27.4. The van der Waals surface area contributed by atoms with Gasteiger partial charge in [-0.2, -0.15) is 9.97 Å². The molecule has 0 bridgehead atoms. The Kier molecular flexibility index (Phi) is 8.16. The number of nitrogens with one attached hydrogen (secondary N) is 2. The molecule has 2 aromatic heterocycles. The van der Waals surface area contributed by atoms with Crippen LogP contribution in [-0.2, 0) is 17.9 Å². The lowest BCUT2D eigenvalue weighted by Crippen LogP contribution is -2.47. The Balaban J connectivity index is 1.48. The van der Waals surface area contributed by atoms with E-state index in [0.29, 0.717) is 24.0 Å². The van der Waals surface area contributed by atoms with Crippen LogP contribution in [-0.4, -0.2) is 63.5 Å². The minimum absolute atomic E-state index is 0.00482. The molecule has 1 aliphatic rings. The number of pyridine rings is 1. The molecule has 0 aliphatic carbocycles. The molecule has 9 nitrogen and oxygen atoms in total. The Morgan fingerprint density at radius 2 is 1.76 bits per heavy atom. The number of piperazine rings is 1. The van der Waals surface area contributed by atoms with Crippen LogP contribution in [0.25, 0.3) is 11.0 Å². The molecule has 2 N–H and O–H groups in total. The molecule has 38 heavy (non-hydrogen) atoms. The molecule has 1 amide bonds. The SMILES string of the molecule is C=CC(=O)N1CCN(Cc2ccc([C@H](C)Nc3nc(NC)c4ccc(=O)n(CC(C)(C)C)c4n3)cc2)CC1. The van der Waals surface area contributed by atoms with Crippen LogP contribution in [0.1, 0.15) is 44.9 Å². The van der Waals surface area contributed by atoms with Gasteiger partial charge in [0, 0.05) is 52.4 Å².